The Labute approximate surface area is 176 Å². The average Bonchev–Trinajstić information content (AvgIpc) is 3.06. The van der Waals surface area contributed by atoms with Gasteiger partial charge in [-0.15, -0.1) is 5.10 Å². The Bertz CT molecular complexity index is 970. The molecule has 8 heteroatoms. The first-order chi connectivity index (χ1) is 13.0. The third kappa shape index (κ3) is 4.99. The standard InChI is InChI=1S/C19H18ClN3OS3/c1-13(14-6-4-3-5-7-14)22(2)17(24)12-26-18-21-23(19(25)27-18)16-10-8-15(20)9-11-16/h3-11,13H,12H2,1-2H3. The zero-order chi connectivity index (χ0) is 19.4. The summed E-state index contributed by atoms with van der Waals surface area (Å²) >= 11 is 14.1. The van der Waals surface area contributed by atoms with Gasteiger partial charge >= 0.3 is 0 Å². The quantitative estimate of drug-likeness (QED) is 0.371. The lowest BCUT2D eigenvalue weighted by molar-refractivity contribution is -0.128. The van der Waals surface area contributed by atoms with Gasteiger partial charge in [0.2, 0.25) is 5.91 Å². The topological polar surface area (TPSA) is 38.1 Å². The van der Waals surface area contributed by atoms with Crippen molar-refractivity contribution in [3.05, 3.63) is 69.1 Å². The van der Waals surface area contributed by atoms with E-state index in [4.69, 9.17) is 23.8 Å². The number of halogens is 1. The fourth-order valence-corrected chi connectivity index (χ4v) is 4.87. The first-order valence-corrected chi connectivity index (χ1v) is 10.8. The molecule has 1 unspecified atom stereocenters. The molecule has 1 amide bonds. The van der Waals surface area contributed by atoms with E-state index in [0.717, 1.165) is 15.6 Å². The molecule has 1 aromatic heterocycles. The van der Waals surface area contributed by atoms with Gasteiger partial charge < -0.3 is 4.90 Å². The molecule has 0 aliphatic heterocycles. The molecule has 0 bridgehead atoms. The molecule has 0 saturated carbocycles. The second kappa shape index (κ2) is 9.01. The lowest BCUT2D eigenvalue weighted by Gasteiger charge is -2.25. The van der Waals surface area contributed by atoms with Crippen molar-refractivity contribution in [2.75, 3.05) is 12.8 Å². The molecule has 4 nitrogen and oxygen atoms in total. The molecule has 0 aliphatic rings. The van der Waals surface area contributed by atoms with Crippen molar-refractivity contribution < 1.29 is 4.79 Å². The molecule has 0 fully saturated rings. The molecule has 1 atom stereocenters. The molecule has 1 heterocycles. The number of amides is 1. The molecule has 0 saturated heterocycles. The van der Waals surface area contributed by atoms with Gasteiger partial charge in [-0.1, -0.05) is 65.0 Å². The van der Waals surface area contributed by atoms with Crippen LogP contribution in [0.15, 0.2) is 58.9 Å². The number of hydrogen-bond donors (Lipinski definition) is 0. The molecule has 3 aromatic rings. The molecule has 0 N–H and O–H groups in total. The lowest BCUT2D eigenvalue weighted by atomic mass is 10.1. The van der Waals surface area contributed by atoms with Crippen LogP contribution in [0.4, 0.5) is 0 Å². The van der Waals surface area contributed by atoms with E-state index in [2.05, 4.69) is 5.10 Å². The van der Waals surface area contributed by atoms with Crippen molar-refractivity contribution in [2.24, 2.45) is 0 Å². The minimum Gasteiger partial charge on any atom is -0.338 e. The van der Waals surface area contributed by atoms with Crippen molar-refractivity contribution in [1.29, 1.82) is 0 Å². The van der Waals surface area contributed by atoms with E-state index in [1.165, 1.54) is 23.1 Å². The second-order valence-electron chi connectivity index (χ2n) is 5.90. The Morgan fingerprint density at radius 1 is 1.26 bits per heavy atom. The normalized spacial score (nSPS) is 12.0. The largest absolute Gasteiger partial charge is 0.338 e. The maximum atomic E-state index is 12.6. The smallest absolute Gasteiger partial charge is 0.233 e. The van der Waals surface area contributed by atoms with Gasteiger partial charge in [-0.3, -0.25) is 4.79 Å². The van der Waals surface area contributed by atoms with E-state index >= 15 is 0 Å². The number of hydrogen-bond acceptors (Lipinski definition) is 5. The highest BCUT2D eigenvalue weighted by molar-refractivity contribution is 8.01. The number of rotatable bonds is 6. The van der Waals surface area contributed by atoms with Crippen LogP contribution in [0.25, 0.3) is 5.69 Å². The first kappa shape index (κ1) is 20.1. The molecule has 0 aliphatic carbocycles. The van der Waals surface area contributed by atoms with Crippen LogP contribution >= 0.6 is 46.9 Å². The van der Waals surface area contributed by atoms with Gasteiger partial charge in [0.1, 0.15) is 0 Å². The van der Waals surface area contributed by atoms with Gasteiger partial charge in [0.05, 0.1) is 17.5 Å². The summed E-state index contributed by atoms with van der Waals surface area (Å²) in [4.78, 5) is 14.3. The van der Waals surface area contributed by atoms with Crippen molar-refractivity contribution >= 4 is 52.8 Å². The van der Waals surface area contributed by atoms with Crippen LogP contribution in [-0.2, 0) is 4.79 Å². The molecule has 140 valence electrons. The second-order valence-corrected chi connectivity index (χ2v) is 9.18. The molecule has 3 rings (SSSR count). The van der Waals surface area contributed by atoms with Gasteiger partial charge in [0, 0.05) is 12.1 Å². The zero-order valence-electron chi connectivity index (χ0n) is 14.8. The predicted octanol–water partition coefficient (Wildman–Crippen LogP) is 5.63. The number of carbonyl (C=O) groups is 1. The average molecular weight is 436 g/mol. The highest BCUT2D eigenvalue weighted by Gasteiger charge is 2.18. The highest BCUT2D eigenvalue weighted by atomic mass is 35.5. The minimum atomic E-state index is 0.0177. The Balaban J connectivity index is 1.64. The Morgan fingerprint density at radius 3 is 2.59 bits per heavy atom. The molecule has 27 heavy (non-hydrogen) atoms. The maximum Gasteiger partial charge on any atom is 0.233 e. The molecule has 0 spiro atoms. The van der Waals surface area contributed by atoms with Gasteiger partial charge in [-0.2, -0.15) is 0 Å². The van der Waals surface area contributed by atoms with E-state index in [1.54, 1.807) is 21.7 Å². The third-order valence-corrected chi connectivity index (χ3v) is 6.78. The fourth-order valence-electron chi connectivity index (χ4n) is 2.46. The Morgan fingerprint density at radius 2 is 1.93 bits per heavy atom. The van der Waals surface area contributed by atoms with Gasteiger partial charge in [-0.05, 0) is 49.0 Å². The van der Waals surface area contributed by atoms with Crippen LogP contribution in [0.3, 0.4) is 0 Å². The van der Waals surface area contributed by atoms with Gasteiger partial charge in [0.15, 0.2) is 8.29 Å². The van der Waals surface area contributed by atoms with Crippen LogP contribution in [-0.4, -0.2) is 33.4 Å². The van der Waals surface area contributed by atoms with Gasteiger partial charge in [0.25, 0.3) is 0 Å². The number of nitrogens with zero attached hydrogens (tertiary/aromatic N) is 3. The van der Waals surface area contributed by atoms with Crippen molar-refractivity contribution in [1.82, 2.24) is 14.7 Å². The Hall–Kier alpha value is -1.67. The van der Waals surface area contributed by atoms with Crippen molar-refractivity contribution in [2.45, 2.75) is 17.3 Å². The fraction of sp³-hybridized carbons (Fsp3) is 0.211. The molecular formula is C19H18ClN3OS3. The lowest BCUT2D eigenvalue weighted by Crippen LogP contribution is -2.31. The Kier molecular flexibility index (Phi) is 6.70. The minimum absolute atomic E-state index is 0.0177. The van der Waals surface area contributed by atoms with Gasteiger partial charge in [-0.25, -0.2) is 4.68 Å². The van der Waals surface area contributed by atoms with E-state index in [9.17, 15) is 4.79 Å². The monoisotopic (exact) mass is 435 g/mol. The van der Waals surface area contributed by atoms with Crippen LogP contribution in [0.5, 0.6) is 0 Å². The van der Waals surface area contributed by atoms with Crippen LogP contribution in [0.1, 0.15) is 18.5 Å². The summed E-state index contributed by atoms with van der Waals surface area (Å²) in [5.41, 5.74) is 1.97. The summed E-state index contributed by atoms with van der Waals surface area (Å²) in [5.74, 6) is 0.367. The molecule has 0 radical (unpaired) electrons. The number of thioether (sulfide) groups is 1. The summed E-state index contributed by atoms with van der Waals surface area (Å²) in [6.45, 7) is 2.02. The number of carbonyl (C=O) groups excluding carboxylic acids is 1. The number of aromatic nitrogens is 2. The van der Waals surface area contributed by atoms with E-state index in [-0.39, 0.29) is 11.9 Å². The van der Waals surface area contributed by atoms with Crippen LogP contribution in [0, 0.1) is 3.95 Å². The van der Waals surface area contributed by atoms with Crippen molar-refractivity contribution in [3.8, 4) is 5.69 Å². The first-order valence-electron chi connectivity index (χ1n) is 8.25. The van der Waals surface area contributed by atoms with E-state index in [1.807, 2.05) is 56.4 Å². The summed E-state index contributed by atoms with van der Waals surface area (Å²) in [7, 11) is 1.83. The van der Waals surface area contributed by atoms with E-state index < -0.39 is 0 Å². The van der Waals surface area contributed by atoms with Crippen LogP contribution < -0.4 is 0 Å². The number of benzene rings is 2. The van der Waals surface area contributed by atoms with Crippen molar-refractivity contribution in [3.63, 3.8) is 0 Å². The third-order valence-electron chi connectivity index (χ3n) is 4.18. The molecular weight excluding hydrogens is 418 g/mol. The summed E-state index contributed by atoms with van der Waals surface area (Å²) < 4.78 is 3.10. The van der Waals surface area contributed by atoms with Crippen LogP contribution in [0.2, 0.25) is 5.02 Å². The molecule has 2 aromatic carbocycles. The maximum absolute atomic E-state index is 12.6. The SMILES string of the molecule is CC(c1ccccc1)N(C)C(=O)CSc1nn(-c2ccc(Cl)cc2)c(=S)s1. The predicted molar refractivity (Wildman–Crippen MR) is 116 cm³/mol. The van der Waals surface area contributed by atoms with E-state index in [0.29, 0.717) is 14.7 Å². The summed E-state index contributed by atoms with van der Waals surface area (Å²) in [6.07, 6.45) is 0. The highest BCUT2D eigenvalue weighted by Crippen LogP contribution is 2.26. The summed E-state index contributed by atoms with van der Waals surface area (Å²) in [5, 5.41) is 5.19. The zero-order valence-corrected chi connectivity index (χ0v) is 18.0. The summed E-state index contributed by atoms with van der Waals surface area (Å²) in [6, 6.07) is 17.3.